The van der Waals surface area contributed by atoms with Crippen LogP contribution in [0.15, 0.2) is 106 Å². The average Bonchev–Trinajstić information content (AvgIpc) is 2.80. The number of hydrogen-bond donors (Lipinski definition) is 0. The van der Waals surface area contributed by atoms with E-state index in [1.807, 2.05) is 54.6 Å². The second-order valence-electron chi connectivity index (χ2n) is 10.0. The highest BCUT2D eigenvalue weighted by atomic mass is 32.3. The van der Waals surface area contributed by atoms with E-state index in [0.717, 1.165) is 51.7 Å². The third kappa shape index (κ3) is 3.21. The standard InChI is InChI=1S/C29H30O2S/c30-28(31-29-19-22-16-23(20-29)18-24(17-22)21-29)32(25-10-4-1-5-11-25,26-12-6-2-7-13-26)27-14-8-3-9-15-27/h1-15,22-24H,16-21H2. The molecule has 0 atom stereocenters. The minimum Gasteiger partial charge on any atom is -0.451 e. The van der Waals surface area contributed by atoms with Crippen molar-refractivity contribution in [3.05, 3.63) is 91.0 Å². The highest BCUT2D eigenvalue weighted by Gasteiger charge is 2.55. The van der Waals surface area contributed by atoms with Crippen LogP contribution in [0.5, 0.6) is 0 Å². The van der Waals surface area contributed by atoms with Crippen molar-refractivity contribution in [3.63, 3.8) is 0 Å². The fourth-order valence-electron chi connectivity index (χ4n) is 6.97. The quantitative estimate of drug-likeness (QED) is 0.382. The maximum atomic E-state index is 14.6. The predicted molar refractivity (Wildman–Crippen MR) is 129 cm³/mol. The Labute approximate surface area is 192 Å². The van der Waals surface area contributed by atoms with Crippen LogP contribution < -0.4 is 0 Å². The lowest BCUT2D eigenvalue weighted by molar-refractivity contribution is -0.121. The largest absolute Gasteiger partial charge is 0.451 e. The molecule has 32 heavy (non-hydrogen) atoms. The van der Waals surface area contributed by atoms with Crippen LogP contribution in [0.25, 0.3) is 0 Å². The summed E-state index contributed by atoms with van der Waals surface area (Å²) in [4.78, 5) is 17.7. The molecule has 4 saturated carbocycles. The number of benzene rings is 3. The molecule has 0 radical (unpaired) electrons. The Morgan fingerprint density at radius 1 is 0.625 bits per heavy atom. The summed E-state index contributed by atoms with van der Waals surface area (Å²) in [6.07, 6.45) is 7.18. The molecule has 4 bridgehead atoms. The van der Waals surface area contributed by atoms with E-state index in [2.05, 4.69) is 36.4 Å². The molecule has 2 nitrogen and oxygen atoms in total. The molecule has 4 fully saturated rings. The first-order valence-corrected chi connectivity index (χ1v) is 13.5. The van der Waals surface area contributed by atoms with Crippen LogP contribution in [0.3, 0.4) is 0 Å². The van der Waals surface area contributed by atoms with E-state index in [1.54, 1.807) is 0 Å². The van der Waals surface area contributed by atoms with Gasteiger partial charge in [0.25, 0.3) is 0 Å². The molecule has 0 aromatic heterocycles. The molecule has 4 aliphatic carbocycles. The molecule has 0 unspecified atom stereocenters. The van der Waals surface area contributed by atoms with Crippen molar-refractivity contribution < 1.29 is 9.53 Å². The Balaban J connectivity index is 1.50. The molecule has 3 aromatic rings. The van der Waals surface area contributed by atoms with Crippen molar-refractivity contribution in [1.29, 1.82) is 0 Å². The number of hydrogen-bond acceptors (Lipinski definition) is 2. The maximum absolute atomic E-state index is 14.6. The van der Waals surface area contributed by atoms with Gasteiger partial charge in [-0.3, -0.25) is 0 Å². The van der Waals surface area contributed by atoms with E-state index in [1.165, 1.54) is 19.3 Å². The van der Waals surface area contributed by atoms with Gasteiger partial charge in [0, 0.05) is 14.7 Å². The first-order chi connectivity index (χ1) is 15.7. The molecule has 0 heterocycles. The second kappa shape index (κ2) is 7.81. The van der Waals surface area contributed by atoms with Gasteiger partial charge in [-0.2, -0.15) is 0 Å². The third-order valence-corrected chi connectivity index (χ3v) is 11.3. The van der Waals surface area contributed by atoms with E-state index in [9.17, 15) is 4.79 Å². The lowest BCUT2D eigenvalue weighted by Gasteiger charge is -2.56. The first-order valence-electron chi connectivity index (χ1n) is 11.9. The van der Waals surface area contributed by atoms with E-state index < -0.39 is 10.0 Å². The molecule has 0 amide bonds. The van der Waals surface area contributed by atoms with Crippen LogP contribution in [-0.2, 0) is 4.74 Å². The molecule has 4 aliphatic rings. The van der Waals surface area contributed by atoms with Gasteiger partial charge in [0.05, 0.1) is 0 Å². The Hall–Kier alpha value is -2.52. The van der Waals surface area contributed by atoms with Gasteiger partial charge in [-0.15, -0.1) is 0 Å². The Kier molecular flexibility index (Phi) is 4.91. The van der Waals surface area contributed by atoms with Gasteiger partial charge in [-0.1, -0.05) is 64.6 Å². The van der Waals surface area contributed by atoms with Crippen molar-refractivity contribution in [2.75, 3.05) is 0 Å². The molecule has 3 aromatic carbocycles. The number of rotatable bonds is 4. The zero-order valence-electron chi connectivity index (χ0n) is 18.4. The van der Waals surface area contributed by atoms with Crippen LogP contribution >= 0.6 is 10.0 Å². The summed E-state index contributed by atoms with van der Waals surface area (Å²) in [5, 5.41) is -0.0388. The third-order valence-electron chi connectivity index (χ3n) is 7.82. The minimum absolute atomic E-state index is 0.0388. The lowest BCUT2D eigenvalue weighted by atomic mass is 9.54. The van der Waals surface area contributed by atoms with E-state index in [4.69, 9.17) is 4.74 Å². The fourth-order valence-corrected chi connectivity index (χ4v) is 10.4. The van der Waals surface area contributed by atoms with Crippen molar-refractivity contribution >= 4 is 15.3 Å². The molecule has 0 spiro atoms. The Morgan fingerprint density at radius 2 is 0.969 bits per heavy atom. The van der Waals surface area contributed by atoms with Crippen LogP contribution in [0.4, 0.5) is 4.79 Å². The van der Waals surface area contributed by atoms with E-state index in [0.29, 0.717) is 0 Å². The lowest BCUT2D eigenvalue weighted by Crippen LogP contribution is -2.52. The molecule has 0 saturated heterocycles. The highest BCUT2D eigenvalue weighted by molar-refractivity contribution is 8.45. The van der Waals surface area contributed by atoms with E-state index >= 15 is 0 Å². The van der Waals surface area contributed by atoms with Gasteiger partial charge in [0.1, 0.15) is 5.60 Å². The maximum Gasteiger partial charge on any atom is 0.362 e. The van der Waals surface area contributed by atoms with Crippen LogP contribution in [-0.4, -0.2) is 10.9 Å². The molecule has 7 rings (SSSR count). The van der Waals surface area contributed by atoms with Crippen LogP contribution in [0, 0.1) is 17.8 Å². The Morgan fingerprint density at radius 3 is 1.31 bits per heavy atom. The molecule has 0 N–H and O–H groups in total. The summed E-state index contributed by atoms with van der Waals surface area (Å²) in [5.74, 6) is 2.22. The van der Waals surface area contributed by atoms with Gasteiger partial charge in [-0.05, 0) is 92.7 Å². The van der Waals surface area contributed by atoms with Gasteiger partial charge in [-0.25, -0.2) is 4.79 Å². The smallest absolute Gasteiger partial charge is 0.362 e. The van der Waals surface area contributed by atoms with Crippen molar-refractivity contribution in [2.24, 2.45) is 17.8 Å². The molecule has 0 aliphatic heterocycles. The van der Waals surface area contributed by atoms with Crippen molar-refractivity contribution in [3.8, 4) is 0 Å². The number of ether oxygens (including phenoxy) is 1. The number of carbonyl (C=O) groups is 1. The van der Waals surface area contributed by atoms with Gasteiger partial charge < -0.3 is 4.74 Å². The normalized spacial score (nSPS) is 28.9. The van der Waals surface area contributed by atoms with Crippen LogP contribution in [0.1, 0.15) is 38.5 Å². The average molecular weight is 443 g/mol. The minimum atomic E-state index is -2.22. The van der Waals surface area contributed by atoms with Crippen molar-refractivity contribution in [2.45, 2.75) is 58.8 Å². The predicted octanol–water partition coefficient (Wildman–Crippen LogP) is 8.07. The summed E-state index contributed by atoms with van der Waals surface area (Å²) >= 11 is 0. The topological polar surface area (TPSA) is 26.3 Å². The van der Waals surface area contributed by atoms with Gasteiger partial charge in [0.15, 0.2) is 0 Å². The fraction of sp³-hybridized carbons (Fsp3) is 0.345. The van der Waals surface area contributed by atoms with Crippen LogP contribution in [0.2, 0.25) is 0 Å². The van der Waals surface area contributed by atoms with Gasteiger partial charge in [0.2, 0.25) is 0 Å². The first kappa shape index (κ1) is 20.1. The molecule has 164 valence electrons. The highest BCUT2D eigenvalue weighted by Crippen LogP contribution is 2.70. The number of carbonyl (C=O) groups excluding carboxylic acids is 1. The zero-order valence-corrected chi connectivity index (χ0v) is 19.2. The van der Waals surface area contributed by atoms with E-state index in [-0.39, 0.29) is 10.9 Å². The molecule has 3 heteroatoms. The van der Waals surface area contributed by atoms with Gasteiger partial charge >= 0.3 is 5.30 Å². The zero-order chi connectivity index (χ0) is 21.6. The van der Waals surface area contributed by atoms with Crippen molar-refractivity contribution in [1.82, 2.24) is 0 Å². The SMILES string of the molecule is O=C(OC12CC3CC(CC(C3)C1)C2)S(c1ccccc1)(c1ccccc1)c1ccccc1. The summed E-state index contributed by atoms with van der Waals surface area (Å²) in [5.41, 5.74) is -0.261. The summed E-state index contributed by atoms with van der Waals surface area (Å²) in [6.45, 7) is 0. The monoisotopic (exact) mass is 442 g/mol. The molecular weight excluding hydrogens is 412 g/mol. The Bertz CT molecular complexity index is 962. The summed E-state index contributed by atoms with van der Waals surface area (Å²) < 4.78 is 6.78. The molecular formula is C29H30O2S. The summed E-state index contributed by atoms with van der Waals surface area (Å²) in [7, 11) is -2.22. The summed E-state index contributed by atoms with van der Waals surface area (Å²) in [6, 6.07) is 31.0. The second-order valence-corrected chi connectivity index (χ2v) is 13.0.